The summed E-state index contributed by atoms with van der Waals surface area (Å²) < 4.78 is 11.3. The standard InChI is InChI=1S/C20H21NO5/c22-19(11-14-6-8-15(9-7-14)20(23)24)21-16-3-1-4-17(12-16)26-13-18-5-2-10-25-18/h1,3-4,6-9,12,18H,2,5,10-11,13H2,(H,21,22)(H,23,24). The lowest BCUT2D eigenvalue weighted by Gasteiger charge is -2.12. The van der Waals surface area contributed by atoms with Crippen LogP contribution in [-0.2, 0) is 16.0 Å². The van der Waals surface area contributed by atoms with Crippen molar-refractivity contribution in [1.82, 2.24) is 0 Å². The molecule has 1 amide bonds. The van der Waals surface area contributed by atoms with E-state index < -0.39 is 5.97 Å². The van der Waals surface area contributed by atoms with Crippen molar-refractivity contribution in [2.45, 2.75) is 25.4 Å². The van der Waals surface area contributed by atoms with E-state index >= 15 is 0 Å². The van der Waals surface area contributed by atoms with Gasteiger partial charge in [0.15, 0.2) is 0 Å². The predicted molar refractivity (Wildman–Crippen MR) is 96.6 cm³/mol. The first-order chi connectivity index (χ1) is 12.6. The van der Waals surface area contributed by atoms with Crippen LogP contribution in [0.1, 0.15) is 28.8 Å². The lowest BCUT2D eigenvalue weighted by Crippen LogP contribution is -2.17. The molecule has 1 aliphatic heterocycles. The van der Waals surface area contributed by atoms with Crippen LogP contribution >= 0.6 is 0 Å². The quantitative estimate of drug-likeness (QED) is 0.797. The summed E-state index contributed by atoms with van der Waals surface area (Å²) >= 11 is 0. The fourth-order valence-electron chi connectivity index (χ4n) is 2.78. The van der Waals surface area contributed by atoms with Crippen molar-refractivity contribution in [2.75, 3.05) is 18.5 Å². The van der Waals surface area contributed by atoms with Crippen LogP contribution in [0.5, 0.6) is 5.75 Å². The van der Waals surface area contributed by atoms with Crippen molar-refractivity contribution in [1.29, 1.82) is 0 Å². The molecule has 1 heterocycles. The average Bonchev–Trinajstić information content (AvgIpc) is 3.14. The summed E-state index contributed by atoms with van der Waals surface area (Å²) in [5, 5.41) is 11.7. The number of nitrogens with one attached hydrogen (secondary N) is 1. The highest BCUT2D eigenvalue weighted by molar-refractivity contribution is 5.92. The molecule has 1 saturated heterocycles. The molecular weight excluding hydrogens is 334 g/mol. The molecule has 136 valence electrons. The molecule has 1 aliphatic rings. The van der Waals surface area contributed by atoms with Crippen molar-refractivity contribution in [3.63, 3.8) is 0 Å². The van der Waals surface area contributed by atoms with E-state index in [1.807, 2.05) is 12.1 Å². The van der Waals surface area contributed by atoms with E-state index in [9.17, 15) is 9.59 Å². The minimum atomic E-state index is -0.985. The lowest BCUT2D eigenvalue weighted by atomic mass is 10.1. The number of carboxylic acids is 1. The summed E-state index contributed by atoms with van der Waals surface area (Å²) in [5.74, 6) is -0.478. The first kappa shape index (κ1) is 17.9. The third-order valence-corrected chi connectivity index (χ3v) is 4.14. The van der Waals surface area contributed by atoms with Gasteiger partial charge in [0.25, 0.3) is 0 Å². The van der Waals surface area contributed by atoms with Gasteiger partial charge in [0.05, 0.1) is 18.1 Å². The van der Waals surface area contributed by atoms with Gasteiger partial charge in [-0.1, -0.05) is 18.2 Å². The Labute approximate surface area is 151 Å². The third-order valence-electron chi connectivity index (χ3n) is 4.14. The second-order valence-corrected chi connectivity index (χ2v) is 6.20. The van der Waals surface area contributed by atoms with Crippen molar-refractivity contribution < 1.29 is 24.2 Å². The van der Waals surface area contributed by atoms with E-state index in [-0.39, 0.29) is 24.0 Å². The first-order valence-electron chi connectivity index (χ1n) is 8.57. The van der Waals surface area contributed by atoms with Crippen LogP contribution in [0, 0.1) is 0 Å². The Morgan fingerprint density at radius 1 is 1.19 bits per heavy atom. The van der Waals surface area contributed by atoms with Crippen LogP contribution in [0.3, 0.4) is 0 Å². The van der Waals surface area contributed by atoms with Crippen LogP contribution in [0.15, 0.2) is 48.5 Å². The maximum atomic E-state index is 12.2. The van der Waals surface area contributed by atoms with Gasteiger partial charge in [0.1, 0.15) is 12.4 Å². The van der Waals surface area contributed by atoms with Crippen molar-refractivity contribution in [3.8, 4) is 5.75 Å². The molecule has 0 saturated carbocycles. The number of benzene rings is 2. The monoisotopic (exact) mass is 355 g/mol. The van der Waals surface area contributed by atoms with E-state index in [1.54, 1.807) is 24.3 Å². The molecule has 0 aliphatic carbocycles. The summed E-state index contributed by atoms with van der Waals surface area (Å²) in [6.07, 6.45) is 2.39. The summed E-state index contributed by atoms with van der Waals surface area (Å²) in [6, 6.07) is 13.5. The number of anilines is 1. The van der Waals surface area contributed by atoms with Crippen molar-refractivity contribution in [2.24, 2.45) is 0 Å². The Morgan fingerprint density at radius 2 is 2.00 bits per heavy atom. The number of aromatic carboxylic acids is 1. The normalized spacial score (nSPS) is 16.2. The molecule has 2 aromatic rings. The van der Waals surface area contributed by atoms with Gasteiger partial charge in [-0.2, -0.15) is 0 Å². The molecule has 1 fully saturated rings. The van der Waals surface area contributed by atoms with Crippen molar-refractivity contribution in [3.05, 3.63) is 59.7 Å². The molecule has 0 aromatic heterocycles. The lowest BCUT2D eigenvalue weighted by molar-refractivity contribution is -0.115. The molecule has 2 N–H and O–H groups in total. The van der Waals surface area contributed by atoms with Crippen LogP contribution in [-0.4, -0.2) is 36.3 Å². The zero-order chi connectivity index (χ0) is 18.4. The highest BCUT2D eigenvalue weighted by atomic mass is 16.5. The number of ether oxygens (including phenoxy) is 2. The van der Waals surface area contributed by atoms with Gasteiger partial charge in [-0.25, -0.2) is 4.79 Å². The molecule has 0 radical (unpaired) electrons. The number of carboxylic acid groups (broad SMARTS) is 1. The number of carbonyl (C=O) groups is 2. The summed E-state index contributed by atoms with van der Waals surface area (Å²) in [4.78, 5) is 23.0. The molecule has 1 unspecified atom stereocenters. The zero-order valence-electron chi connectivity index (χ0n) is 14.3. The predicted octanol–water partition coefficient (Wildman–Crippen LogP) is 3.12. The largest absolute Gasteiger partial charge is 0.491 e. The average molecular weight is 355 g/mol. The number of hydrogen-bond donors (Lipinski definition) is 2. The maximum Gasteiger partial charge on any atom is 0.335 e. The van der Waals surface area contributed by atoms with Gasteiger partial charge in [0, 0.05) is 18.4 Å². The molecule has 26 heavy (non-hydrogen) atoms. The molecule has 0 bridgehead atoms. The van der Waals surface area contributed by atoms with Crippen LogP contribution < -0.4 is 10.1 Å². The number of hydrogen-bond acceptors (Lipinski definition) is 4. The van der Waals surface area contributed by atoms with Crippen LogP contribution in [0.2, 0.25) is 0 Å². The highest BCUT2D eigenvalue weighted by Crippen LogP contribution is 2.20. The third kappa shape index (κ3) is 5.07. The van der Waals surface area contributed by atoms with Gasteiger partial charge >= 0.3 is 5.97 Å². The van der Waals surface area contributed by atoms with Gasteiger partial charge in [-0.15, -0.1) is 0 Å². The number of amides is 1. The molecule has 0 spiro atoms. The van der Waals surface area contributed by atoms with Crippen LogP contribution in [0.25, 0.3) is 0 Å². The Bertz CT molecular complexity index is 766. The SMILES string of the molecule is O=C(Cc1ccc(C(=O)O)cc1)Nc1cccc(OCC2CCCO2)c1. The fraction of sp³-hybridized carbons (Fsp3) is 0.300. The highest BCUT2D eigenvalue weighted by Gasteiger charge is 2.16. The smallest absolute Gasteiger partial charge is 0.335 e. The van der Waals surface area contributed by atoms with Crippen LogP contribution in [0.4, 0.5) is 5.69 Å². The van der Waals surface area contributed by atoms with E-state index in [1.165, 1.54) is 12.1 Å². The molecular formula is C20H21NO5. The minimum Gasteiger partial charge on any atom is -0.491 e. The second kappa shape index (κ2) is 8.49. The molecule has 6 nitrogen and oxygen atoms in total. The summed E-state index contributed by atoms with van der Waals surface area (Å²) in [6.45, 7) is 1.30. The van der Waals surface area contributed by atoms with E-state index in [0.29, 0.717) is 18.0 Å². The first-order valence-corrected chi connectivity index (χ1v) is 8.57. The zero-order valence-corrected chi connectivity index (χ0v) is 14.3. The van der Waals surface area contributed by atoms with E-state index in [2.05, 4.69) is 5.32 Å². The Hall–Kier alpha value is -2.86. The Kier molecular flexibility index (Phi) is 5.86. The van der Waals surface area contributed by atoms with Crippen molar-refractivity contribution >= 4 is 17.6 Å². The van der Waals surface area contributed by atoms with Gasteiger partial charge < -0.3 is 19.9 Å². The Morgan fingerprint density at radius 3 is 2.69 bits per heavy atom. The molecule has 2 aromatic carbocycles. The molecule has 1 atom stereocenters. The van der Waals surface area contributed by atoms with E-state index in [4.69, 9.17) is 14.6 Å². The maximum absolute atomic E-state index is 12.2. The number of rotatable bonds is 7. The second-order valence-electron chi connectivity index (χ2n) is 6.20. The Balaban J connectivity index is 1.53. The minimum absolute atomic E-state index is 0.141. The fourth-order valence-corrected chi connectivity index (χ4v) is 2.78. The topological polar surface area (TPSA) is 84.9 Å². The summed E-state index contributed by atoms with van der Waals surface area (Å²) in [7, 11) is 0. The summed E-state index contributed by atoms with van der Waals surface area (Å²) in [5.41, 5.74) is 1.60. The molecule has 3 rings (SSSR count). The van der Waals surface area contributed by atoms with Gasteiger partial charge in [-0.3, -0.25) is 4.79 Å². The number of carbonyl (C=O) groups excluding carboxylic acids is 1. The van der Waals surface area contributed by atoms with E-state index in [0.717, 1.165) is 25.0 Å². The molecule has 6 heteroatoms. The van der Waals surface area contributed by atoms with Gasteiger partial charge in [0.2, 0.25) is 5.91 Å². The van der Waals surface area contributed by atoms with Gasteiger partial charge in [-0.05, 0) is 42.7 Å².